The van der Waals surface area contributed by atoms with Crippen molar-refractivity contribution in [3.8, 4) is 0 Å². The van der Waals surface area contributed by atoms with Gasteiger partial charge in [0.25, 0.3) is 10.0 Å². The number of nitrogens with one attached hydrogen (secondary N) is 4. The van der Waals surface area contributed by atoms with Crippen LogP contribution in [0.25, 0.3) is 0 Å². The average Bonchev–Trinajstić information content (AvgIpc) is 2.77. The van der Waals surface area contributed by atoms with Gasteiger partial charge >= 0.3 is 47.0 Å². The molecule has 0 radical (unpaired) electrons. The number of hydrogen-bond acceptors (Lipinski definition) is 5. The van der Waals surface area contributed by atoms with Crippen molar-refractivity contribution in [3.63, 3.8) is 0 Å². The lowest BCUT2D eigenvalue weighted by Crippen LogP contribution is -2.79. The van der Waals surface area contributed by atoms with Crippen LogP contribution in [0.5, 0.6) is 0 Å². The van der Waals surface area contributed by atoms with Gasteiger partial charge in [0.05, 0.1) is 0 Å². The van der Waals surface area contributed by atoms with E-state index in [0.717, 1.165) is 28.1 Å². The zero-order valence-electron chi connectivity index (χ0n) is 19.4. The summed E-state index contributed by atoms with van der Waals surface area (Å²) in [7, 11) is -4.61. The second-order valence-corrected chi connectivity index (χ2v) is 9.16. The van der Waals surface area contributed by atoms with Gasteiger partial charge in [-0.2, -0.15) is 79.4 Å². The van der Waals surface area contributed by atoms with E-state index < -0.39 is 74.4 Å². The van der Waals surface area contributed by atoms with Gasteiger partial charge in [0.2, 0.25) is 6.17 Å². The third-order valence-corrected chi connectivity index (χ3v) is 6.75. The van der Waals surface area contributed by atoms with E-state index in [-0.39, 0.29) is 0 Å². The van der Waals surface area contributed by atoms with Crippen LogP contribution in [-0.2, 0) is 10.0 Å². The van der Waals surface area contributed by atoms with Crippen LogP contribution in [0.2, 0.25) is 0 Å². The lowest BCUT2D eigenvalue weighted by molar-refractivity contribution is -1.06. The first-order valence-corrected chi connectivity index (χ1v) is 11.0. The molecular formula is C14H19F17N5O2S+. The topological polar surface area (TPSA) is 82.3 Å². The zero-order valence-corrected chi connectivity index (χ0v) is 20.2. The highest BCUT2D eigenvalue weighted by Gasteiger charge is 2.96. The van der Waals surface area contributed by atoms with Crippen LogP contribution in [0.15, 0.2) is 0 Å². The van der Waals surface area contributed by atoms with Gasteiger partial charge in [-0.15, -0.1) is 16.3 Å². The third-order valence-electron chi connectivity index (χ3n) is 5.23. The summed E-state index contributed by atoms with van der Waals surface area (Å²) in [5.74, 6) is -51.9. The van der Waals surface area contributed by atoms with E-state index in [0.29, 0.717) is 4.72 Å². The number of quaternary nitrogens is 1. The molecule has 4 N–H and O–H groups in total. The van der Waals surface area contributed by atoms with Crippen LogP contribution in [0.1, 0.15) is 13.3 Å². The number of sulfonamides is 1. The summed E-state index contributed by atoms with van der Waals surface area (Å²) in [5, 5.41) is -7.65. The molecular weight excluding hydrogens is 625 g/mol. The standard InChI is InChI=1S/C14H19F17N5O2S/c1-5-6(36(32-2,33-3)34-4)35-39(37,38)14(30,31)12(25,26)10(21,22)8(17,18)7(15,16)9(19,20)11(23,24)13(27,28)29/h6,32-35H,5H2,1-4H3/q+1. The number of nitrogens with zero attached hydrogens (tertiary/aromatic N) is 1. The Kier molecular flexibility index (Phi) is 10.0. The Bertz CT molecular complexity index is 957. The molecule has 0 aliphatic heterocycles. The molecule has 0 bridgehead atoms. The molecule has 0 rings (SSSR count). The van der Waals surface area contributed by atoms with Gasteiger partial charge in [0.15, 0.2) is 0 Å². The van der Waals surface area contributed by atoms with Crippen LogP contribution in [0, 0.1) is 0 Å². The SMILES string of the molecule is CCC(NS(=O)(=O)C(F)(F)C(F)(F)C(F)(F)C(F)(F)C(F)(F)C(F)(F)C(F)(F)C(F)(F)F)[N+](NC)(NC)NC. The minimum absolute atomic E-state index is 0.664. The summed E-state index contributed by atoms with van der Waals surface area (Å²) in [5.41, 5.74) is 6.41. The van der Waals surface area contributed by atoms with Crippen LogP contribution in [-0.4, -0.2) is 87.5 Å². The summed E-state index contributed by atoms with van der Waals surface area (Å²) >= 11 is 0. The van der Waals surface area contributed by atoms with Gasteiger partial charge < -0.3 is 0 Å². The lowest BCUT2D eigenvalue weighted by Gasteiger charge is -2.43. The highest BCUT2D eigenvalue weighted by molar-refractivity contribution is 7.90. The molecule has 0 saturated carbocycles. The van der Waals surface area contributed by atoms with Crippen molar-refractivity contribution in [2.24, 2.45) is 0 Å². The van der Waals surface area contributed by atoms with Crippen molar-refractivity contribution in [2.75, 3.05) is 21.1 Å². The fourth-order valence-corrected chi connectivity index (χ4v) is 4.11. The quantitative estimate of drug-likeness (QED) is 0.100. The van der Waals surface area contributed by atoms with Crippen molar-refractivity contribution < 1.29 is 87.9 Å². The van der Waals surface area contributed by atoms with E-state index in [1.54, 1.807) is 0 Å². The predicted octanol–water partition coefficient (Wildman–Crippen LogP) is 3.83. The Balaban J connectivity index is 7.02. The van der Waals surface area contributed by atoms with Gasteiger partial charge in [0, 0.05) is 27.6 Å². The highest BCUT2D eigenvalue weighted by Crippen LogP contribution is 2.64. The monoisotopic (exact) mass is 644 g/mol. The predicted molar refractivity (Wildman–Crippen MR) is 94.3 cm³/mol. The molecule has 0 amide bonds. The van der Waals surface area contributed by atoms with E-state index in [1.165, 1.54) is 0 Å². The van der Waals surface area contributed by atoms with Gasteiger partial charge in [-0.3, -0.25) is 0 Å². The smallest absolute Gasteiger partial charge is 0.206 e. The number of alkyl halides is 17. The third kappa shape index (κ3) is 5.10. The second kappa shape index (κ2) is 10.4. The van der Waals surface area contributed by atoms with Crippen LogP contribution in [0.3, 0.4) is 0 Å². The van der Waals surface area contributed by atoms with Crippen LogP contribution < -0.4 is 21.0 Å². The molecule has 0 heterocycles. The van der Waals surface area contributed by atoms with Gasteiger partial charge in [-0.05, 0) is 0 Å². The summed E-state index contributed by atoms with van der Waals surface area (Å²) in [6, 6.07) is 0. The van der Waals surface area contributed by atoms with Gasteiger partial charge in [-0.25, -0.2) is 8.42 Å². The fraction of sp³-hybridized carbons (Fsp3) is 1.00. The van der Waals surface area contributed by atoms with E-state index in [4.69, 9.17) is 0 Å². The first-order valence-electron chi connectivity index (χ1n) is 9.54. The Labute approximate surface area is 207 Å². The van der Waals surface area contributed by atoms with E-state index in [9.17, 15) is 83.1 Å². The van der Waals surface area contributed by atoms with Crippen molar-refractivity contribution in [1.82, 2.24) is 21.0 Å². The second-order valence-electron chi connectivity index (χ2n) is 7.40. The molecule has 0 aromatic rings. The number of hydrogen-bond donors (Lipinski definition) is 4. The summed E-state index contributed by atoms with van der Waals surface area (Å²) in [6.45, 7) is 0.939. The highest BCUT2D eigenvalue weighted by atomic mass is 32.2. The van der Waals surface area contributed by atoms with E-state index in [2.05, 4.69) is 16.3 Å². The normalized spacial score (nSPS) is 16.9. The molecule has 39 heavy (non-hydrogen) atoms. The summed E-state index contributed by atoms with van der Waals surface area (Å²) in [6.07, 6.45) is -10.8. The van der Waals surface area contributed by atoms with Crippen LogP contribution in [0.4, 0.5) is 74.6 Å². The number of rotatable bonds is 14. The molecule has 0 fully saturated rings. The zero-order chi connectivity index (χ0) is 32.1. The average molecular weight is 644 g/mol. The lowest BCUT2D eigenvalue weighted by atomic mass is 9.91. The molecule has 1 atom stereocenters. The van der Waals surface area contributed by atoms with Crippen LogP contribution >= 0.6 is 0 Å². The molecule has 0 aliphatic carbocycles. The van der Waals surface area contributed by atoms with Crippen molar-refractivity contribution in [3.05, 3.63) is 0 Å². The molecule has 7 nitrogen and oxygen atoms in total. The maximum Gasteiger partial charge on any atom is 0.460 e. The molecule has 1 unspecified atom stereocenters. The van der Waals surface area contributed by atoms with Gasteiger partial charge in [-0.1, -0.05) is 11.7 Å². The van der Waals surface area contributed by atoms with E-state index in [1.807, 2.05) is 0 Å². The molecule has 0 aliphatic rings. The van der Waals surface area contributed by atoms with Gasteiger partial charge in [0.1, 0.15) is 0 Å². The maximum absolute atomic E-state index is 14.3. The molecule has 0 aromatic carbocycles. The first-order chi connectivity index (χ1) is 16.8. The summed E-state index contributed by atoms with van der Waals surface area (Å²) < 4.78 is 252. The minimum Gasteiger partial charge on any atom is -0.206 e. The Morgan fingerprint density at radius 1 is 0.564 bits per heavy atom. The number of halogens is 17. The Morgan fingerprint density at radius 2 is 0.846 bits per heavy atom. The first kappa shape index (κ1) is 37.6. The minimum atomic E-state index is -8.88. The molecule has 0 saturated heterocycles. The molecule has 0 aromatic heterocycles. The van der Waals surface area contributed by atoms with Crippen molar-refractivity contribution in [2.45, 2.75) is 66.5 Å². The van der Waals surface area contributed by atoms with Crippen molar-refractivity contribution >= 4 is 10.0 Å². The molecule has 25 heteroatoms. The van der Waals surface area contributed by atoms with Crippen molar-refractivity contribution in [1.29, 1.82) is 0 Å². The molecule has 236 valence electrons. The largest absolute Gasteiger partial charge is 0.460 e. The Morgan fingerprint density at radius 3 is 1.10 bits per heavy atom. The van der Waals surface area contributed by atoms with E-state index >= 15 is 0 Å². The summed E-state index contributed by atoms with van der Waals surface area (Å²) in [4.78, 5) is -1.32. The maximum atomic E-state index is 14.3. The fourth-order valence-electron chi connectivity index (χ4n) is 2.81. The molecule has 0 spiro atoms. The Hall–Kier alpha value is -1.44.